The lowest BCUT2D eigenvalue weighted by Crippen LogP contribution is -2.37. The van der Waals surface area contributed by atoms with Crippen molar-refractivity contribution in [3.63, 3.8) is 0 Å². The van der Waals surface area contributed by atoms with Crippen LogP contribution in [0.15, 0.2) is 28.8 Å². The highest BCUT2D eigenvalue weighted by Gasteiger charge is 2.14. The van der Waals surface area contributed by atoms with Crippen molar-refractivity contribution in [1.29, 1.82) is 0 Å². The van der Waals surface area contributed by atoms with Gasteiger partial charge in [-0.15, -0.1) is 0 Å². The van der Waals surface area contributed by atoms with Crippen LogP contribution in [0.2, 0.25) is 0 Å². The van der Waals surface area contributed by atoms with Crippen molar-refractivity contribution >= 4 is 5.91 Å². The van der Waals surface area contributed by atoms with Crippen LogP contribution in [-0.2, 0) is 6.61 Å². The van der Waals surface area contributed by atoms with E-state index in [1.165, 1.54) is 38.5 Å². The second kappa shape index (κ2) is 10.1. The molecule has 3 rings (SSSR count). The lowest BCUT2D eigenvalue weighted by molar-refractivity contribution is 0.0948. The van der Waals surface area contributed by atoms with E-state index in [0.717, 1.165) is 6.54 Å². The Labute approximate surface area is 159 Å². The molecule has 0 spiro atoms. The SMILES string of the molecule is Cc1nc(COc2ccccc2C(=O)NCCNC2CCCCCC2)no1. The number of hydrogen-bond donors (Lipinski definition) is 2. The highest BCUT2D eigenvalue weighted by Crippen LogP contribution is 2.19. The Morgan fingerprint density at radius 1 is 1.19 bits per heavy atom. The molecule has 1 aliphatic carbocycles. The largest absolute Gasteiger partial charge is 0.485 e. The first kappa shape index (κ1) is 19.4. The molecule has 27 heavy (non-hydrogen) atoms. The van der Waals surface area contributed by atoms with Crippen molar-refractivity contribution in [2.75, 3.05) is 13.1 Å². The van der Waals surface area contributed by atoms with Gasteiger partial charge in [-0.3, -0.25) is 4.79 Å². The Morgan fingerprint density at radius 3 is 2.70 bits per heavy atom. The molecule has 1 aromatic heterocycles. The number of aromatic nitrogens is 2. The van der Waals surface area contributed by atoms with E-state index in [1.54, 1.807) is 19.1 Å². The molecule has 0 aliphatic heterocycles. The Kier molecular flexibility index (Phi) is 7.21. The summed E-state index contributed by atoms with van der Waals surface area (Å²) in [7, 11) is 0. The van der Waals surface area contributed by atoms with Gasteiger partial charge in [0.25, 0.3) is 5.91 Å². The standard InChI is InChI=1S/C20H28N4O3/c1-15-23-19(24-27-15)14-26-18-11-7-6-10-17(18)20(25)22-13-12-21-16-8-4-2-3-5-9-16/h6-7,10-11,16,21H,2-5,8-9,12-14H2,1H3,(H,22,25). The van der Waals surface area contributed by atoms with Gasteiger partial charge < -0.3 is 19.9 Å². The average molecular weight is 372 g/mol. The van der Waals surface area contributed by atoms with Gasteiger partial charge in [0, 0.05) is 26.1 Å². The summed E-state index contributed by atoms with van der Waals surface area (Å²) in [6.45, 7) is 3.25. The molecule has 2 N–H and O–H groups in total. The molecule has 0 atom stereocenters. The topological polar surface area (TPSA) is 89.3 Å². The Bertz CT molecular complexity index is 724. The van der Waals surface area contributed by atoms with Crippen LogP contribution in [0.5, 0.6) is 5.75 Å². The van der Waals surface area contributed by atoms with Crippen molar-refractivity contribution < 1.29 is 14.1 Å². The van der Waals surface area contributed by atoms with Crippen LogP contribution in [0.3, 0.4) is 0 Å². The minimum absolute atomic E-state index is 0.141. The van der Waals surface area contributed by atoms with Gasteiger partial charge in [0.05, 0.1) is 5.56 Å². The summed E-state index contributed by atoms with van der Waals surface area (Å²) >= 11 is 0. The fourth-order valence-corrected chi connectivity index (χ4v) is 3.35. The van der Waals surface area contributed by atoms with E-state index >= 15 is 0 Å². The molecule has 7 nitrogen and oxygen atoms in total. The summed E-state index contributed by atoms with van der Waals surface area (Å²) in [5, 5.41) is 10.3. The third-order valence-electron chi connectivity index (χ3n) is 4.76. The van der Waals surface area contributed by atoms with Crippen LogP contribution in [0.25, 0.3) is 0 Å². The smallest absolute Gasteiger partial charge is 0.255 e. The molecule has 1 fully saturated rings. The highest BCUT2D eigenvalue weighted by atomic mass is 16.5. The molecule has 146 valence electrons. The molecule has 0 saturated heterocycles. The molecule has 1 aliphatic rings. The molecule has 1 saturated carbocycles. The van der Waals surface area contributed by atoms with E-state index in [2.05, 4.69) is 20.8 Å². The summed E-state index contributed by atoms with van der Waals surface area (Å²) in [6, 6.07) is 7.76. The van der Waals surface area contributed by atoms with Gasteiger partial charge in [-0.25, -0.2) is 0 Å². The van der Waals surface area contributed by atoms with Crippen LogP contribution in [-0.4, -0.2) is 35.2 Å². The van der Waals surface area contributed by atoms with Crippen molar-refractivity contribution in [3.8, 4) is 5.75 Å². The third kappa shape index (κ3) is 6.06. The number of hydrogen-bond acceptors (Lipinski definition) is 6. The number of carbonyl (C=O) groups excluding carboxylic acids is 1. The van der Waals surface area contributed by atoms with Gasteiger partial charge in [-0.1, -0.05) is 43.0 Å². The van der Waals surface area contributed by atoms with Crippen LogP contribution in [0, 0.1) is 6.92 Å². The maximum Gasteiger partial charge on any atom is 0.255 e. The zero-order valence-corrected chi connectivity index (χ0v) is 15.9. The van der Waals surface area contributed by atoms with Gasteiger partial charge >= 0.3 is 0 Å². The van der Waals surface area contributed by atoms with Crippen molar-refractivity contribution in [1.82, 2.24) is 20.8 Å². The number of amides is 1. The average Bonchev–Trinajstić information content (AvgIpc) is 2.93. The summed E-state index contributed by atoms with van der Waals surface area (Å²) in [5.74, 6) is 1.31. The van der Waals surface area contributed by atoms with E-state index in [0.29, 0.717) is 35.6 Å². The summed E-state index contributed by atoms with van der Waals surface area (Å²) in [4.78, 5) is 16.6. The number of aryl methyl sites for hydroxylation is 1. The zero-order valence-electron chi connectivity index (χ0n) is 15.9. The molecular weight excluding hydrogens is 344 g/mol. The van der Waals surface area contributed by atoms with E-state index < -0.39 is 0 Å². The molecule has 2 aromatic rings. The Morgan fingerprint density at radius 2 is 1.96 bits per heavy atom. The maximum atomic E-state index is 12.5. The molecule has 0 radical (unpaired) electrons. The molecule has 1 heterocycles. The zero-order chi connectivity index (χ0) is 18.9. The van der Waals surface area contributed by atoms with Gasteiger partial charge in [-0.2, -0.15) is 4.98 Å². The van der Waals surface area contributed by atoms with Crippen LogP contribution in [0.1, 0.15) is 60.6 Å². The molecule has 1 amide bonds. The van der Waals surface area contributed by atoms with Crippen LogP contribution < -0.4 is 15.4 Å². The maximum absolute atomic E-state index is 12.5. The fourth-order valence-electron chi connectivity index (χ4n) is 3.35. The number of carbonyl (C=O) groups is 1. The first-order chi connectivity index (χ1) is 13.2. The predicted molar refractivity (Wildman–Crippen MR) is 102 cm³/mol. The van der Waals surface area contributed by atoms with E-state index in [1.807, 2.05) is 12.1 Å². The Balaban J connectivity index is 1.46. The van der Waals surface area contributed by atoms with Crippen molar-refractivity contribution in [2.24, 2.45) is 0 Å². The first-order valence-corrected chi connectivity index (χ1v) is 9.75. The minimum Gasteiger partial charge on any atom is -0.485 e. The lowest BCUT2D eigenvalue weighted by atomic mass is 10.1. The minimum atomic E-state index is -0.141. The molecule has 7 heteroatoms. The van der Waals surface area contributed by atoms with Gasteiger partial charge in [0.1, 0.15) is 5.75 Å². The van der Waals surface area contributed by atoms with Crippen LogP contribution >= 0.6 is 0 Å². The monoisotopic (exact) mass is 372 g/mol. The quantitative estimate of drug-likeness (QED) is 0.547. The number of benzene rings is 1. The molecule has 0 bridgehead atoms. The van der Waals surface area contributed by atoms with Gasteiger partial charge in [0.15, 0.2) is 6.61 Å². The Hall–Kier alpha value is -2.41. The van der Waals surface area contributed by atoms with Crippen molar-refractivity contribution in [3.05, 3.63) is 41.5 Å². The number of para-hydroxylation sites is 1. The van der Waals surface area contributed by atoms with E-state index in [9.17, 15) is 4.79 Å². The van der Waals surface area contributed by atoms with Crippen LogP contribution in [0.4, 0.5) is 0 Å². The third-order valence-corrected chi connectivity index (χ3v) is 4.76. The number of nitrogens with one attached hydrogen (secondary N) is 2. The second-order valence-electron chi connectivity index (χ2n) is 6.91. The number of rotatable bonds is 8. The lowest BCUT2D eigenvalue weighted by Gasteiger charge is -2.16. The van der Waals surface area contributed by atoms with E-state index in [-0.39, 0.29) is 12.5 Å². The number of nitrogens with zero attached hydrogens (tertiary/aromatic N) is 2. The summed E-state index contributed by atoms with van der Waals surface area (Å²) in [5.41, 5.74) is 0.507. The second-order valence-corrected chi connectivity index (χ2v) is 6.91. The summed E-state index contributed by atoms with van der Waals surface area (Å²) in [6.07, 6.45) is 7.76. The highest BCUT2D eigenvalue weighted by molar-refractivity contribution is 5.96. The normalized spacial score (nSPS) is 15.3. The fraction of sp³-hybridized carbons (Fsp3) is 0.550. The molecule has 0 unspecified atom stereocenters. The molecular formula is C20H28N4O3. The van der Waals surface area contributed by atoms with Crippen molar-refractivity contribution in [2.45, 2.75) is 58.1 Å². The molecule has 1 aromatic carbocycles. The van der Waals surface area contributed by atoms with Gasteiger partial charge in [-0.05, 0) is 25.0 Å². The first-order valence-electron chi connectivity index (χ1n) is 9.75. The predicted octanol–water partition coefficient (Wildman–Crippen LogP) is 3.00. The van der Waals surface area contributed by atoms with E-state index in [4.69, 9.17) is 9.26 Å². The summed E-state index contributed by atoms with van der Waals surface area (Å²) < 4.78 is 10.6. The number of ether oxygens (including phenoxy) is 1. The van der Waals surface area contributed by atoms with Gasteiger partial charge in [0.2, 0.25) is 11.7 Å².